The average Bonchev–Trinajstić information content (AvgIpc) is 3.07. The molecule has 0 unspecified atom stereocenters. The van der Waals surface area contributed by atoms with Gasteiger partial charge in [-0.3, -0.25) is 9.58 Å². The fourth-order valence-electron chi connectivity index (χ4n) is 3.55. The SMILES string of the molecule is Cc1noc(C)c1CN1CCC[C@@H]1c1c(C)nn(C)c1C. The first-order valence-electron chi connectivity index (χ1n) is 7.65. The highest BCUT2D eigenvalue weighted by Crippen LogP contribution is 2.36. The van der Waals surface area contributed by atoms with E-state index in [-0.39, 0.29) is 0 Å². The highest BCUT2D eigenvalue weighted by molar-refractivity contribution is 5.30. The van der Waals surface area contributed by atoms with Gasteiger partial charge in [0.2, 0.25) is 0 Å². The molecule has 1 saturated heterocycles. The Bertz CT molecular complexity index is 636. The first kappa shape index (κ1) is 14.3. The van der Waals surface area contributed by atoms with Crippen LogP contribution in [0, 0.1) is 27.7 Å². The van der Waals surface area contributed by atoms with Gasteiger partial charge >= 0.3 is 0 Å². The Balaban J connectivity index is 1.89. The molecule has 0 radical (unpaired) electrons. The second-order valence-electron chi connectivity index (χ2n) is 6.14. The molecule has 1 aliphatic heterocycles. The fourth-order valence-corrected chi connectivity index (χ4v) is 3.55. The number of rotatable bonds is 3. The lowest BCUT2D eigenvalue weighted by atomic mass is 10.0. The molecule has 0 amide bonds. The van der Waals surface area contributed by atoms with Gasteiger partial charge in [0.15, 0.2) is 0 Å². The first-order chi connectivity index (χ1) is 9.99. The fraction of sp³-hybridized carbons (Fsp3) is 0.625. The van der Waals surface area contributed by atoms with Crippen LogP contribution in [0.25, 0.3) is 0 Å². The quantitative estimate of drug-likeness (QED) is 0.871. The standard InChI is InChI=1S/C16H24N4O/c1-10-14(13(4)21-18-10)9-20-8-6-7-15(20)16-11(2)17-19(5)12(16)3/h15H,6-9H2,1-5H3/t15-/m1/s1. The zero-order valence-corrected chi connectivity index (χ0v) is 13.6. The van der Waals surface area contributed by atoms with Gasteiger partial charge in [0.25, 0.3) is 0 Å². The van der Waals surface area contributed by atoms with E-state index in [1.165, 1.54) is 29.7 Å². The van der Waals surface area contributed by atoms with Crippen LogP contribution >= 0.6 is 0 Å². The van der Waals surface area contributed by atoms with Gasteiger partial charge in [0.1, 0.15) is 5.76 Å². The molecule has 1 aliphatic rings. The third kappa shape index (κ3) is 2.39. The zero-order valence-electron chi connectivity index (χ0n) is 13.6. The topological polar surface area (TPSA) is 47.1 Å². The molecule has 3 rings (SSSR count). The average molecular weight is 288 g/mol. The monoisotopic (exact) mass is 288 g/mol. The van der Waals surface area contributed by atoms with Crippen molar-refractivity contribution in [2.24, 2.45) is 7.05 Å². The Morgan fingerprint density at radius 1 is 1.19 bits per heavy atom. The van der Waals surface area contributed by atoms with E-state index < -0.39 is 0 Å². The van der Waals surface area contributed by atoms with Crippen molar-refractivity contribution in [2.45, 2.75) is 53.1 Å². The highest BCUT2D eigenvalue weighted by Gasteiger charge is 2.31. The van der Waals surface area contributed by atoms with Gasteiger partial charge in [-0.2, -0.15) is 5.10 Å². The van der Waals surface area contributed by atoms with Gasteiger partial charge in [0.05, 0.1) is 11.4 Å². The number of hydrogen-bond acceptors (Lipinski definition) is 4. The van der Waals surface area contributed by atoms with Crippen molar-refractivity contribution < 1.29 is 4.52 Å². The van der Waals surface area contributed by atoms with Crippen LogP contribution in [0.1, 0.15) is 52.9 Å². The Labute approximate surface area is 125 Å². The number of nitrogens with zero attached hydrogens (tertiary/aromatic N) is 4. The number of aromatic nitrogens is 3. The van der Waals surface area contributed by atoms with Crippen molar-refractivity contribution in [2.75, 3.05) is 6.54 Å². The molecule has 0 N–H and O–H groups in total. The molecule has 2 aromatic heterocycles. The van der Waals surface area contributed by atoms with Crippen LogP contribution in [0.2, 0.25) is 0 Å². The molecule has 5 heteroatoms. The summed E-state index contributed by atoms with van der Waals surface area (Å²) in [4.78, 5) is 2.55. The van der Waals surface area contributed by atoms with Crippen LogP contribution in [0.5, 0.6) is 0 Å². The van der Waals surface area contributed by atoms with Crippen molar-refractivity contribution >= 4 is 0 Å². The van der Waals surface area contributed by atoms with Crippen molar-refractivity contribution in [3.63, 3.8) is 0 Å². The molecule has 0 aromatic carbocycles. The lowest BCUT2D eigenvalue weighted by Gasteiger charge is -2.25. The van der Waals surface area contributed by atoms with Gasteiger partial charge in [0, 0.05) is 36.5 Å². The molecule has 1 fully saturated rings. The summed E-state index contributed by atoms with van der Waals surface area (Å²) in [7, 11) is 2.03. The van der Waals surface area contributed by atoms with Gasteiger partial charge in [-0.25, -0.2) is 0 Å². The molecule has 1 atom stereocenters. The summed E-state index contributed by atoms with van der Waals surface area (Å²) in [5.41, 5.74) is 6.09. The molecule has 0 saturated carbocycles. The van der Waals surface area contributed by atoms with E-state index in [0.717, 1.165) is 30.2 Å². The van der Waals surface area contributed by atoms with E-state index in [9.17, 15) is 0 Å². The van der Waals surface area contributed by atoms with E-state index in [4.69, 9.17) is 4.52 Å². The molecular formula is C16H24N4O. The molecule has 0 spiro atoms. The van der Waals surface area contributed by atoms with Gasteiger partial charge in [-0.15, -0.1) is 0 Å². The Hall–Kier alpha value is -1.62. The van der Waals surface area contributed by atoms with Crippen LogP contribution in [-0.4, -0.2) is 26.4 Å². The smallest absolute Gasteiger partial charge is 0.138 e. The van der Waals surface area contributed by atoms with Crippen LogP contribution in [0.4, 0.5) is 0 Å². The third-order valence-corrected chi connectivity index (χ3v) is 4.80. The minimum Gasteiger partial charge on any atom is -0.361 e. The van der Waals surface area contributed by atoms with Crippen molar-refractivity contribution in [1.82, 2.24) is 19.8 Å². The summed E-state index contributed by atoms with van der Waals surface area (Å²) in [5.74, 6) is 0.942. The van der Waals surface area contributed by atoms with Crippen molar-refractivity contribution in [3.8, 4) is 0 Å². The third-order valence-electron chi connectivity index (χ3n) is 4.80. The lowest BCUT2D eigenvalue weighted by Crippen LogP contribution is -2.24. The first-order valence-corrected chi connectivity index (χ1v) is 7.65. The normalized spacial score (nSPS) is 19.6. The molecule has 2 aromatic rings. The maximum Gasteiger partial charge on any atom is 0.138 e. The minimum absolute atomic E-state index is 0.465. The molecule has 5 nitrogen and oxygen atoms in total. The summed E-state index contributed by atoms with van der Waals surface area (Å²) < 4.78 is 7.30. The number of likely N-dealkylation sites (tertiary alicyclic amines) is 1. The predicted octanol–water partition coefficient (Wildman–Crippen LogP) is 2.98. The molecule has 114 valence electrons. The van der Waals surface area contributed by atoms with Crippen LogP contribution < -0.4 is 0 Å². The lowest BCUT2D eigenvalue weighted by molar-refractivity contribution is 0.245. The number of aryl methyl sites for hydroxylation is 4. The minimum atomic E-state index is 0.465. The highest BCUT2D eigenvalue weighted by atomic mass is 16.5. The van der Waals surface area contributed by atoms with Crippen LogP contribution in [0.3, 0.4) is 0 Å². The van der Waals surface area contributed by atoms with Crippen molar-refractivity contribution in [3.05, 3.63) is 34.0 Å². The molecule has 0 aliphatic carbocycles. The Morgan fingerprint density at radius 2 is 1.95 bits per heavy atom. The van der Waals surface area contributed by atoms with Crippen LogP contribution in [-0.2, 0) is 13.6 Å². The van der Waals surface area contributed by atoms with Crippen molar-refractivity contribution in [1.29, 1.82) is 0 Å². The maximum absolute atomic E-state index is 5.30. The zero-order chi connectivity index (χ0) is 15.1. The molecule has 3 heterocycles. The summed E-state index contributed by atoms with van der Waals surface area (Å²) in [6, 6.07) is 0.465. The largest absolute Gasteiger partial charge is 0.361 e. The summed E-state index contributed by atoms with van der Waals surface area (Å²) >= 11 is 0. The summed E-state index contributed by atoms with van der Waals surface area (Å²) in [6.45, 7) is 10.4. The molecule has 21 heavy (non-hydrogen) atoms. The van der Waals surface area contributed by atoms with E-state index in [1.54, 1.807) is 0 Å². The maximum atomic E-state index is 5.30. The molecular weight excluding hydrogens is 264 g/mol. The van der Waals surface area contributed by atoms with Gasteiger partial charge in [-0.05, 0) is 47.1 Å². The van der Waals surface area contributed by atoms with Gasteiger partial charge < -0.3 is 4.52 Å². The van der Waals surface area contributed by atoms with Crippen LogP contribution in [0.15, 0.2) is 4.52 Å². The second-order valence-corrected chi connectivity index (χ2v) is 6.14. The Morgan fingerprint density at radius 3 is 2.52 bits per heavy atom. The summed E-state index contributed by atoms with van der Waals surface area (Å²) in [5, 5.41) is 8.66. The van der Waals surface area contributed by atoms with E-state index >= 15 is 0 Å². The number of hydrogen-bond donors (Lipinski definition) is 0. The Kier molecular flexibility index (Phi) is 3.61. The molecule has 0 bridgehead atoms. The second kappa shape index (κ2) is 5.30. The van der Waals surface area contributed by atoms with E-state index in [2.05, 4.69) is 29.0 Å². The predicted molar refractivity (Wildman–Crippen MR) is 81.0 cm³/mol. The summed E-state index contributed by atoms with van der Waals surface area (Å²) in [6.07, 6.45) is 2.44. The van der Waals surface area contributed by atoms with Gasteiger partial charge in [-0.1, -0.05) is 5.16 Å². The van der Waals surface area contributed by atoms with E-state index in [0.29, 0.717) is 6.04 Å². The van der Waals surface area contributed by atoms with E-state index in [1.807, 2.05) is 25.6 Å².